The highest BCUT2D eigenvalue weighted by atomic mass is 32.2. The molecule has 0 spiro atoms. The van der Waals surface area contributed by atoms with E-state index in [0.717, 1.165) is 5.56 Å². The third kappa shape index (κ3) is 9.15. The lowest BCUT2D eigenvalue weighted by Gasteiger charge is -2.13. The minimum absolute atomic E-state index is 0.0666. The molecule has 0 radical (unpaired) electrons. The van der Waals surface area contributed by atoms with Gasteiger partial charge in [0.2, 0.25) is 10.0 Å². The summed E-state index contributed by atoms with van der Waals surface area (Å²) in [5.41, 5.74) is 6.49. The van der Waals surface area contributed by atoms with Crippen molar-refractivity contribution in [2.75, 3.05) is 6.61 Å². The van der Waals surface area contributed by atoms with Gasteiger partial charge >= 0.3 is 5.97 Å². The summed E-state index contributed by atoms with van der Waals surface area (Å²) in [4.78, 5) is 11.2. The molecule has 1 atom stereocenters. The van der Waals surface area contributed by atoms with Crippen LogP contribution in [0.15, 0.2) is 64.4 Å². The molecule has 0 aliphatic heterocycles. The number of esters is 1. The number of aryl methyl sites for hydroxylation is 1. The monoisotopic (exact) mass is 444 g/mol. The summed E-state index contributed by atoms with van der Waals surface area (Å²) in [5.74, 6) is -0.541. The fraction of sp³-hybridized carbons (Fsp3) is 0.278. The van der Waals surface area contributed by atoms with Gasteiger partial charge in [-0.25, -0.2) is 8.42 Å². The van der Waals surface area contributed by atoms with E-state index in [4.69, 9.17) is 10.3 Å². The minimum Gasteiger partial charge on any atom is -0.466 e. The molecule has 2 rings (SSSR count). The number of nitrogens with one attached hydrogen (secondary N) is 1. The number of rotatable bonds is 7. The molecule has 0 unspecified atom stereocenters. The first-order valence-electron chi connectivity index (χ1n) is 8.48. The first-order valence-corrected chi connectivity index (χ1v) is 11.4. The standard InChI is InChI=1S/C11H16N2O4S.C7H8O3S/c1-2-17-11(14)8-10(12)13-18(15,16)9-6-4-3-5-7-9;1-6-2-4-7(5-3-6)11(8,9)10/h3-7,10,13H,2,8,12H2,1H3;2-5H,1H3,(H,8,9,10)/t10-;/m0./s1. The minimum atomic E-state index is -4.02. The van der Waals surface area contributed by atoms with Crippen molar-refractivity contribution in [1.82, 2.24) is 4.72 Å². The van der Waals surface area contributed by atoms with Crippen LogP contribution in [0.1, 0.15) is 18.9 Å². The van der Waals surface area contributed by atoms with Gasteiger partial charge in [-0.1, -0.05) is 35.9 Å². The highest BCUT2D eigenvalue weighted by molar-refractivity contribution is 7.89. The van der Waals surface area contributed by atoms with Crippen molar-refractivity contribution in [2.45, 2.75) is 36.2 Å². The second kappa shape index (κ2) is 11.0. The Morgan fingerprint density at radius 1 is 1.03 bits per heavy atom. The van der Waals surface area contributed by atoms with Crippen molar-refractivity contribution in [3.05, 3.63) is 60.2 Å². The average Bonchev–Trinajstić information content (AvgIpc) is 2.62. The van der Waals surface area contributed by atoms with Crippen LogP contribution < -0.4 is 10.5 Å². The number of hydrogen-bond donors (Lipinski definition) is 3. The quantitative estimate of drug-likeness (QED) is 0.329. The lowest BCUT2D eigenvalue weighted by Crippen LogP contribution is -2.43. The molecule has 2 aromatic carbocycles. The summed E-state index contributed by atoms with van der Waals surface area (Å²) >= 11 is 0. The first kappa shape index (κ1) is 24.7. The number of nitrogens with two attached hydrogens (primary N) is 1. The molecule has 0 amide bonds. The maximum Gasteiger partial charge on any atom is 0.308 e. The molecule has 11 heteroatoms. The molecule has 4 N–H and O–H groups in total. The van der Waals surface area contributed by atoms with Crippen molar-refractivity contribution in [3.63, 3.8) is 0 Å². The van der Waals surface area contributed by atoms with Gasteiger partial charge in [0, 0.05) is 0 Å². The first-order chi connectivity index (χ1) is 13.5. The Labute approximate surface area is 170 Å². The number of benzene rings is 2. The van der Waals surface area contributed by atoms with Gasteiger partial charge in [-0.3, -0.25) is 9.35 Å². The zero-order valence-electron chi connectivity index (χ0n) is 16.0. The summed E-state index contributed by atoms with van der Waals surface area (Å²) in [5, 5.41) is 0. The van der Waals surface area contributed by atoms with Gasteiger partial charge in [0.15, 0.2) is 0 Å². The molecule has 0 heterocycles. The molecular weight excluding hydrogens is 420 g/mol. The summed E-state index contributed by atoms with van der Waals surface area (Å²) in [6.45, 7) is 3.74. The van der Waals surface area contributed by atoms with Gasteiger partial charge in [-0.05, 0) is 38.1 Å². The van der Waals surface area contributed by atoms with Crippen LogP contribution in [0.25, 0.3) is 0 Å². The van der Waals surface area contributed by atoms with E-state index in [9.17, 15) is 21.6 Å². The third-order valence-corrected chi connectivity index (χ3v) is 5.74. The Kier molecular flexibility index (Phi) is 9.40. The highest BCUT2D eigenvalue weighted by Gasteiger charge is 2.19. The van der Waals surface area contributed by atoms with E-state index < -0.39 is 32.3 Å². The molecule has 160 valence electrons. The van der Waals surface area contributed by atoms with E-state index in [2.05, 4.69) is 9.46 Å². The lowest BCUT2D eigenvalue weighted by atomic mass is 10.2. The second-order valence-corrected chi connectivity index (χ2v) is 8.97. The summed E-state index contributed by atoms with van der Waals surface area (Å²) in [6.07, 6.45) is -1.21. The summed E-state index contributed by atoms with van der Waals surface area (Å²) in [6, 6.07) is 13.8. The Bertz CT molecular complexity index is 990. The largest absolute Gasteiger partial charge is 0.466 e. The Morgan fingerprint density at radius 2 is 1.59 bits per heavy atom. The predicted octanol–water partition coefficient (Wildman–Crippen LogP) is 1.44. The number of sulfonamides is 1. The van der Waals surface area contributed by atoms with Crippen molar-refractivity contribution in [1.29, 1.82) is 0 Å². The van der Waals surface area contributed by atoms with E-state index in [-0.39, 0.29) is 22.8 Å². The van der Waals surface area contributed by atoms with E-state index in [1.165, 1.54) is 24.3 Å². The maximum absolute atomic E-state index is 11.8. The van der Waals surface area contributed by atoms with E-state index in [0.29, 0.717) is 0 Å². The van der Waals surface area contributed by atoms with Crippen molar-refractivity contribution >= 4 is 26.1 Å². The van der Waals surface area contributed by atoms with Gasteiger partial charge in [0.05, 0.1) is 29.0 Å². The molecule has 0 aliphatic carbocycles. The second-order valence-electron chi connectivity index (χ2n) is 5.84. The molecule has 2 aromatic rings. The number of carbonyl (C=O) groups is 1. The van der Waals surface area contributed by atoms with Crippen LogP contribution in [0.3, 0.4) is 0 Å². The molecule has 0 saturated carbocycles. The van der Waals surface area contributed by atoms with Crippen LogP contribution in [0.4, 0.5) is 0 Å². The Balaban J connectivity index is 0.000000326. The highest BCUT2D eigenvalue weighted by Crippen LogP contribution is 2.09. The van der Waals surface area contributed by atoms with Crippen LogP contribution in [-0.4, -0.2) is 40.1 Å². The van der Waals surface area contributed by atoms with Crippen molar-refractivity contribution < 1.29 is 30.9 Å². The third-order valence-electron chi connectivity index (χ3n) is 3.37. The Hall–Kier alpha value is -2.31. The van der Waals surface area contributed by atoms with Gasteiger partial charge < -0.3 is 10.5 Å². The van der Waals surface area contributed by atoms with Crippen LogP contribution in [-0.2, 0) is 29.7 Å². The fourth-order valence-corrected chi connectivity index (χ4v) is 3.63. The number of hydrogen-bond acceptors (Lipinski definition) is 7. The molecular formula is C18H24N2O7S2. The summed E-state index contributed by atoms with van der Waals surface area (Å²) < 4.78 is 60.1. The van der Waals surface area contributed by atoms with E-state index in [1.807, 2.05) is 6.92 Å². The van der Waals surface area contributed by atoms with E-state index in [1.54, 1.807) is 37.3 Å². The molecule has 0 aromatic heterocycles. The predicted molar refractivity (Wildman–Crippen MR) is 107 cm³/mol. The van der Waals surface area contributed by atoms with Gasteiger partial charge in [0.25, 0.3) is 10.1 Å². The van der Waals surface area contributed by atoms with Gasteiger partial charge in [0.1, 0.15) is 0 Å². The molecule has 0 fully saturated rings. The molecule has 9 nitrogen and oxygen atoms in total. The van der Waals surface area contributed by atoms with Crippen molar-refractivity contribution in [3.8, 4) is 0 Å². The van der Waals surface area contributed by atoms with Crippen LogP contribution >= 0.6 is 0 Å². The number of carbonyl (C=O) groups excluding carboxylic acids is 1. The smallest absolute Gasteiger partial charge is 0.308 e. The Morgan fingerprint density at radius 3 is 2.07 bits per heavy atom. The number of ether oxygens (including phenoxy) is 1. The van der Waals surface area contributed by atoms with Crippen LogP contribution in [0.2, 0.25) is 0 Å². The lowest BCUT2D eigenvalue weighted by molar-refractivity contribution is -0.143. The van der Waals surface area contributed by atoms with Gasteiger partial charge in [-0.2, -0.15) is 13.1 Å². The van der Waals surface area contributed by atoms with Gasteiger partial charge in [-0.15, -0.1) is 0 Å². The molecule has 0 saturated heterocycles. The fourth-order valence-electron chi connectivity index (χ4n) is 2.02. The average molecular weight is 445 g/mol. The van der Waals surface area contributed by atoms with Crippen LogP contribution in [0.5, 0.6) is 0 Å². The summed E-state index contributed by atoms with van der Waals surface area (Å²) in [7, 11) is -7.72. The van der Waals surface area contributed by atoms with E-state index >= 15 is 0 Å². The van der Waals surface area contributed by atoms with Crippen LogP contribution in [0, 0.1) is 6.92 Å². The molecule has 0 bridgehead atoms. The molecule has 0 aliphatic rings. The zero-order chi connectivity index (χ0) is 22.1. The maximum atomic E-state index is 11.8. The SMILES string of the molecule is CCOC(=O)C[C@@H](N)NS(=O)(=O)c1ccccc1.Cc1ccc(S(=O)(=O)O)cc1. The zero-order valence-corrected chi connectivity index (χ0v) is 17.6. The molecule has 29 heavy (non-hydrogen) atoms. The normalized spacial score (nSPS) is 12.4. The van der Waals surface area contributed by atoms with Crippen molar-refractivity contribution in [2.24, 2.45) is 5.73 Å². The topological polar surface area (TPSA) is 153 Å².